The Labute approximate surface area is 226 Å². The number of thiazole rings is 1. The van der Waals surface area contributed by atoms with Crippen LogP contribution in [0, 0.1) is 0 Å². The number of benzene rings is 2. The largest absolute Gasteiger partial charge is 0.493 e. The fourth-order valence-corrected chi connectivity index (χ4v) is 5.23. The van der Waals surface area contributed by atoms with Gasteiger partial charge in [0.15, 0.2) is 16.3 Å². The molecule has 4 rings (SSSR count). The van der Waals surface area contributed by atoms with Crippen LogP contribution in [0.2, 0.25) is 0 Å². The minimum atomic E-state index is -0.718. The van der Waals surface area contributed by atoms with Gasteiger partial charge >= 0.3 is 5.97 Å². The number of methoxy groups -OCH3 is 1. The number of nitrogens with zero attached hydrogens (tertiary/aromatic N) is 2. The van der Waals surface area contributed by atoms with Crippen molar-refractivity contribution < 1.29 is 19.0 Å². The average Bonchev–Trinajstić information content (AvgIpc) is 3.23. The second kappa shape index (κ2) is 12.6. The van der Waals surface area contributed by atoms with Crippen molar-refractivity contribution >= 4 is 29.5 Å². The first-order valence-electron chi connectivity index (χ1n) is 12.7. The van der Waals surface area contributed by atoms with Crippen LogP contribution in [-0.2, 0) is 9.53 Å². The lowest BCUT2D eigenvalue weighted by Crippen LogP contribution is -2.39. The van der Waals surface area contributed by atoms with E-state index < -0.39 is 12.0 Å². The smallest absolute Gasteiger partial charge is 0.338 e. The molecule has 0 saturated carbocycles. The van der Waals surface area contributed by atoms with Gasteiger partial charge in [0.1, 0.15) is 0 Å². The summed E-state index contributed by atoms with van der Waals surface area (Å²) in [6.07, 6.45) is 7.51. The molecular weight excluding hydrogens is 500 g/mol. The molecule has 1 aromatic heterocycles. The summed E-state index contributed by atoms with van der Waals surface area (Å²) >= 11 is 1.29. The van der Waals surface area contributed by atoms with Crippen molar-refractivity contribution in [3.63, 3.8) is 0 Å². The number of carbonyl (C=O) groups excluding carboxylic acids is 1. The number of hydrogen-bond acceptors (Lipinski definition) is 7. The summed E-state index contributed by atoms with van der Waals surface area (Å²) in [7, 11) is 1.57. The molecule has 2 heterocycles. The third-order valence-corrected chi connectivity index (χ3v) is 7.11. The molecule has 0 N–H and O–H groups in total. The Hall–Kier alpha value is -3.91. The first-order chi connectivity index (χ1) is 18.5. The van der Waals surface area contributed by atoms with Crippen LogP contribution in [0.5, 0.6) is 11.5 Å². The van der Waals surface area contributed by atoms with E-state index in [4.69, 9.17) is 14.2 Å². The highest BCUT2D eigenvalue weighted by molar-refractivity contribution is 7.07. The number of esters is 1. The van der Waals surface area contributed by atoms with E-state index in [2.05, 4.69) is 11.9 Å². The highest BCUT2D eigenvalue weighted by atomic mass is 32.1. The minimum Gasteiger partial charge on any atom is -0.493 e. The number of aromatic nitrogens is 1. The zero-order valence-electron chi connectivity index (χ0n) is 22.1. The standard InChI is InChI=1S/C30H32N2O5S/c1-5-7-18-37-23-17-16-22(19-24(23)35-4)27-26(29(34)36-6-2)20(3)31-30-32(27)28(33)25(38-30)15-11-14-21-12-9-8-10-13-21/h8-17,19,27H,5-7,18H2,1-4H3/b14-11+,25-15-. The van der Waals surface area contributed by atoms with Gasteiger partial charge in [-0.3, -0.25) is 9.36 Å². The molecule has 0 bridgehead atoms. The van der Waals surface area contributed by atoms with Gasteiger partial charge in [0.2, 0.25) is 0 Å². The van der Waals surface area contributed by atoms with E-state index in [0.29, 0.717) is 44.3 Å². The normalized spacial score (nSPS) is 15.4. The van der Waals surface area contributed by atoms with Gasteiger partial charge in [-0.1, -0.05) is 73.2 Å². The highest BCUT2D eigenvalue weighted by Gasteiger charge is 2.33. The van der Waals surface area contributed by atoms with Crippen LogP contribution in [-0.4, -0.2) is 30.9 Å². The Balaban J connectivity index is 1.83. The maximum Gasteiger partial charge on any atom is 0.338 e. The minimum absolute atomic E-state index is 0.213. The van der Waals surface area contributed by atoms with E-state index in [1.165, 1.54) is 11.3 Å². The fraction of sp³-hybridized carbons (Fsp3) is 0.300. The quantitative estimate of drug-likeness (QED) is 0.281. The van der Waals surface area contributed by atoms with Gasteiger partial charge in [-0.25, -0.2) is 9.79 Å². The van der Waals surface area contributed by atoms with Crippen molar-refractivity contribution in [2.75, 3.05) is 20.3 Å². The Kier molecular flexibility index (Phi) is 8.97. The SMILES string of the molecule is CCCCOc1ccc(C2C(C(=O)OCC)=C(C)N=c3s/c(=C\C=C\c4ccccc4)c(=O)n32)cc1OC. The summed E-state index contributed by atoms with van der Waals surface area (Å²) in [5, 5.41) is 0. The third kappa shape index (κ3) is 5.81. The summed E-state index contributed by atoms with van der Waals surface area (Å²) in [4.78, 5) is 31.9. The van der Waals surface area contributed by atoms with Crippen molar-refractivity contribution in [1.29, 1.82) is 0 Å². The monoisotopic (exact) mass is 532 g/mol. The Morgan fingerprint density at radius 1 is 1.13 bits per heavy atom. The molecule has 1 atom stereocenters. The molecule has 3 aromatic rings. The lowest BCUT2D eigenvalue weighted by molar-refractivity contribution is -0.139. The maximum absolute atomic E-state index is 13.7. The molecule has 2 aromatic carbocycles. The molecule has 0 fully saturated rings. The summed E-state index contributed by atoms with van der Waals surface area (Å²) in [6, 6.07) is 14.6. The molecule has 198 valence electrons. The molecule has 1 aliphatic rings. The van der Waals surface area contributed by atoms with E-state index in [9.17, 15) is 9.59 Å². The van der Waals surface area contributed by atoms with Crippen LogP contribution in [0.25, 0.3) is 12.2 Å². The zero-order valence-corrected chi connectivity index (χ0v) is 22.9. The van der Waals surface area contributed by atoms with Crippen LogP contribution < -0.4 is 24.4 Å². The second-order valence-electron chi connectivity index (χ2n) is 8.71. The third-order valence-electron chi connectivity index (χ3n) is 6.11. The average molecular weight is 533 g/mol. The number of rotatable bonds is 10. The predicted octanol–water partition coefficient (Wildman–Crippen LogP) is 4.65. The molecule has 0 saturated heterocycles. The molecule has 8 heteroatoms. The number of ether oxygens (including phenoxy) is 3. The lowest BCUT2D eigenvalue weighted by Gasteiger charge is -2.25. The summed E-state index contributed by atoms with van der Waals surface area (Å²) in [5.74, 6) is 0.644. The van der Waals surface area contributed by atoms with Crippen molar-refractivity contribution in [2.24, 2.45) is 4.99 Å². The highest BCUT2D eigenvalue weighted by Crippen LogP contribution is 2.36. The van der Waals surface area contributed by atoms with Gasteiger partial charge in [0, 0.05) is 0 Å². The van der Waals surface area contributed by atoms with Crippen LogP contribution in [0.3, 0.4) is 0 Å². The molecule has 1 unspecified atom stereocenters. The number of hydrogen-bond donors (Lipinski definition) is 0. The van der Waals surface area contributed by atoms with E-state index in [-0.39, 0.29) is 12.2 Å². The maximum atomic E-state index is 13.7. The van der Waals surface area contributed by atoms with Crippen LogP contribution >= 0.6 is 11.3 Å². The number of fused-ring (bicyclic) bond motifs is 1. The molecule has 1 aliphatic heterocycles. The zero-order chi connectivity index (χ0) is 27.1. The summed E-state index contributed by atoms with van der Waals surface area (Å²) < 4.78 is 19.0. The number of unbranched alkanes of at least 4 members (excludes halogenated alkanes) is 1. The van der Waals surface area contributed by atoms with Gasteiger partial charge in [-0.05, 0) is 49.6 Å². The molecular formula is C30H32N2O5S. The molecule has 0 amide bonds. The van der Waals surface area contributed by atoms with Crippen LogP contribution in [0.15, 0.2) is 75.7 Å². The second-order valence-corrected chi connectivity index (χ2v) is 9.72. The van der Waals surface area contributed by atoms with Crippen LogP contribution in [0.1, 0.15) is 50.8 Å². The van der Waals surface area contributed by atoms with Crippen molar-refractivity contribution in [2.45, 2.75) is 39.7 Å². The van der Waals surface area contributed by atoms with Crippen molar-refractivity contribution in [3.05, 3.63) is 96.7 Å². The Morgan fingerprint density at radius 3 is 2.63 bits per heavy atom. The van der Waals surface area contributed by atoms with E-state index in [1.807, 2.05) is 60.7 Å². The lowest BCUT2D eigenvalue weighted by atomic mass is 9.95. The fourth-order valence-electron chi connectivity index (χ4n) is 4.23. The Morgan fingerprint density at radius 2 is 1.92 bits per heavy atom. The topological polar surface area (TPSA) is 79.1 Å². The molecule has 38 heavy (non-hydrogen) atoms. The summed E-state index contributed by atoms with van der Waals surface area (Å²) in [5.41, 5.74) is 2.35. The van der Waals surface area contributed by atoms with Gasteiger partial charge in [0.25, 0.3) is 5.56 Å². The predicted molar refractivity (Wildman–Crippen MR) is 150 cm³/mol. The van der Waals surface area contributed by atoms with E-state index in [1.54, 1.807) is 31.6 Å². The Bertz CT molecular complexity index is 1530. The van der Waals surface area contributed by atoms with Gasteiger partial charge in [-0.2, -0.15) is 0 Å². The van der Waals surface area contributed by atoms with Gasteiger partial charge in [0.05, 0.1) is 42.2 Å². The van der Waals surface area contributed by atoms with E-state index in [0.717, 1.165) is 18.4 Å². The molecule has 0 aliphatic carbocycles. The summed E-state index contributed by atoms with van der Waals surface area (Å²) in [6.45, 7) is 6.41. The van der Waals surface area contributed by atoms with E-state index >= 15 is 0 Å². The number of carbonyl (C=O) groups is 1. The molecule has 0 radical (unpaired) electrons. The van der Waals surface area contributed by atoms with Gasteiger partial charge in [-0.15, -0.1) is 0 Å². The first kappa shape index (κ1) is 27.1. The van der Waals surface area contributed by atoms with Crippen LogP contribution in [0.4, 0.5) is 0 Å². The van der Waals surface area contributed by atoms with Gasteiger partial charge < -0.3 is 14.2 Å². The number of allylic oxidation sites excluding steroid dienone is 2. The molecule has 7 nitrogen and oxygen atoms in total. The van der Waals surface area contributed by atoms with Crippen molar-refractivity contribution in [1.82, 2.24) is 4.57 Å². The van der Waals surface area contributed by atoms with Crippen molar-refractivity contribution in [3.8, 4) is 11.5 Å². The first-order valence-corrected chi connectivity index (χ1v) is 13.5. The molecule has 0 spiro atoms.